The SMILES string of the molecule is COc1cccc(N2CCN3c4ccccc4C[C@H](C(=O)Nc4ccc(F)cc4)[C@H]3C2)c1. The first-order chi connectivity index (χ1) is 15.6. The van der Waals surface area contributed by atoms with E-state index in [9.17, 15) is 9.18 Å². The van der Waals surface area contributed by atoms with Crippen molar-refractivity contribution in [2.45, 2.75) is 12.5 Å². The van der Waals surface area contributed by atoms with Crippen molar-refractivity contribution in [3.63, 3.8) is 0 Å². The Labute approximate surface area is 187 Å². The summed E-state index contributed by atoms with van der Waals surface area (Å²) in [5, 5.41) is 3.00. The number of nitrogens with one attached hydrogen (secondary N) is 1. The molecule has 3 aromatic carbocycles. The lowest BCUT2D eigenvalue weighted by atomic mass is 9.83. The maximum atomic E-state index is 13.4. The van der Waals surface area contributed by atoms with Crippen molar-refractivity contribution in [2.75, 3.05) is 41.9 Å². The van der Waals surface area contributed by atoms with Crippen LogP contribution in [0.25, 0.3) is 0 Å². The van der Waals surface area contributed by atoms with E-state index in [1.807, 2.05) is 24.3 Å². The molecular weight excluding hydrogens is 405 g/mol. The lowest BCUT2D eigenvalue weighted by Crippen LogP contribution is -2.60. The van der Waals surface area contributed by atoms with Crippen LogP contribution in [-0.4, -0.2) is 38.7 Å². The molecule has 1 amide bonds. The van der Waals surface area contributed by atoms with Gasteiger partial charge in [-0.25, -0.2) is 4.39 Å². The Morgan fingerprint density at radius 2 is 1.84 bits per heavy atom. The molecule has 164 valence electrons. The van der Waals surface area contributed by atoms with Gasteiger partial charge >= 0.3 is 0 Å². The molecule has 6 heteroatoms. The quantitative estimate of drug-likeness (QED) is 0.668. The number of carbonyl (C=O) groups is 1. The van der Waals surface area contributed by atoms with Crippen molar-refractivity contribution in [1.29, 1.82) is 0 Å². The van der Waals surface area contributed by atoms with Crippen molar-refractivity contribution in [3.05, 3.63) is 84.2 Å². The number of para-hydroxylation sites is 1. The zero-order chi connectivity index (χ0) is 22.1. The topological polar surface area (TPSA) is 44.8 Å². The largest absolute Gasteiger partial charge is 0.497 e. The summed E-state index contributed by atoms with van der Waals surface area (Å²) in [4.78, 5) is 18.1. The van der Waals surface area contributed by atoms with Crippen molar-refractivity contribution in [3.8, 4) is 5.75 Å². The van der Waals surface area contributed by atoms with Gasteiger partial charge in [-0.2, -0.15) is 0 Å². The van der Waals surface area contributed by atoms with Crippen LogP contribution in [0.2, 0.25) is 0 Å². The summed E-state index contributed by atoms with van der Waals surface area (Å²) in [6.07, 6.45) is 0.677. The minimum atomic E-state index is -0.318. The summed E-state index contributed by atoms with van der Waals surface area (Å²) in [6.45, 7) is 2.44. The van der Waals surface area contributed by atoms with E-state index in [4.69, 9.17) is 4.74 Å². The van der Waals surface area contributed by atoms with Crippen molar-refractivity contribution in [2.24, 2.45) is 5.92 Å². The molecule has 1 fully saturated rings. The molecule has 2 aliphatic rings. The summed E-state index contributed by atoms with van der Waals surface area (Å²) >= 11 is 0. The number of fused-ring (bicyclic) bond motifs is 3. The van der Waals surface area contributed by atoms with Gasteiger partial charge in [-0.05, 0) is 54.4 Å². The predicted octanol–water partition coefficient (Wildman–Crippen LogP) is 4.34. The molecule has 2 atom stereocenters. The molecule has 5 nitrogen and oxygen atoms in total. The molecule has 0 aliphatic carbocycles. The number of carbonyl (C=O) groups excluding carboxylic acids is 1. The molecule has 2 heterocycles. The highest BCUT2D eigenvalue weighted by Gasteiger charge is 2.41. The standard InChI is InChI=1S/C26H26FN3O2/c1-32-22-7-4-6-21(16-22)29-13-14-30-24-8-3-2-5-18(24)15-23(25(30)17-29)26(31)28-20-11-9-19(27)10-12-20/h2-12,16,23,25H,13-15,17H2,1H3,(H,28,31)/t23-,25+/m0/s1. The number of halogens is 1. The predicted molar refractivity (Wildman–Crippen MR) is 125 cm³/mol. The normalized spacial score (nSPS) is 19.7. The van der Waals surface area contributed by atoms with Gasteiger partial charge < -0.3 is 19.9 Å². The summed E-state index contributed by atoms with van der Waals surface area (Å²) in [6, 6.07) is 22.4. The van der Waals surface area contributed by atoms with E-state index in [0.717, 1.165) is 31.1 Å². The Kier molecular flexibility index (Phi) is 5.43. The number of anilines is 3. The number of hydrogen-bond acceptors (Lipinski definition) is 4. The van der Waals surface area contributed by atoms with Crippen molar-refractivity contribution < 1.29 is 13.9 Å². The van der Waals surface area contributed by atoms with E-state index in [0.29, 0.717) is 12.1 Å². The second-order valence-electron chi connectivity index (χ2n) is 8.34. The molecule has 32 heavy (non-hydrogen) atoms. The number of benzene rings is 3. The maximum absolute atomic E-state index is 13.4. The first-order valence-corrected chi connectivity index (χ1v) is 10.9. The Hall–Kier alpha value is -3.54. The van der Waals surface area contributed by atoms with E-state index < -0.39 is 0 Å². The molecule has 5 rings (SSSR count). The van der Waals surface area contributed by atoms with Gasteiger partial charge in [0, 0.05) is 42.8 Å². The third kappa shape index (κ3) is 3.88. The lowest BCUT2D eigenvalue weighted by Gasteiger charge is -2.49. The highest BCUT2D eigenvalue weighted by Crippen LogP contribution is 2.37. The van der Waals surface area contributed by atoms with Gasteiger partial charge in [-0.3, -0.25) is 4.79 Å². The Bertz CT molecular complexity index is 1120. The summed E-state index contributed by atoms with van der Waals surface area (Å²) in [5.41, 5.74) is 4.12. The second-order valence-corrected chi connectivity index (χ2v) is 8.34. The molecular formula is C26H26FN3O2. The molecule has 1 N–H and O–H groups in total. The van der Waals surface area contributed by atoms with Gasteiger partial charge in [-0.15, -0.1) is 0 Å². The van der Waals surface area contributed by atoms with Crippen LogP contribution in [0.3, 0.4) is 0 Å². The minimum Gasteiger partial charge on any atom is -0.497 e. The second kappa shape index (κ2) is 8.54. The van der Waals surface area contributed by atoms with Gasteiger partial charge in [0.15, 0.2) is 0 Å². The summed E-state index contributed by atoms with van der Waals surface area (Å²) in [7, 11) is 1.67. The van der Waals surface area contributed by atoms with E-state index in [-0.39, 0.29) is 23.7 Å². The number of piperazine rings is 1. The van der Waals surface area contributed by atoms with Crippen LogP contribution in [0.5, 0.6) is 5.75 Å². The van der Waals surface area contributed by atoms with Crippen LogP contribution < -0.4 is 19.9 Å². The summed E-state index contributed by atoms with van der Waals surface area (Å²) < 4.78 is 18.7. The number of hydrogen-bond donors (Lipinski definition) is 1. The van der Waals surface area contributed by atoms with E-state index in [1.165, 1.54) is 23.4 Å². The number of amides is 1. The molecule has 0 aromatic heterocycles. The number of ether oxygens (including phenoxy) is 1. The number of rotatable bonds is 4. The van der Waals surface area contributed by atoms with Crippen molar-refractivity contribution >= 4 is 23.0 Å². The molecule has 1 saturated heterocycles. The molecule has 0 radical (unpaired) electrons. The Morgan fingerprint density at radius 1 is 1.03 bits per heavy atom. The highest BCUT2D eigenvalue weighted by molar-refractivity contribution is 5.94. The van der Waals surface area contributed by atoms with E-state index in [2.05, 4.69) is 39.4 Å². The number of nitrogens with zero attached hydrogens (tertiary/aromatic N) is 2. The smallest absolute Gasteiger partial charge is 0.229 e. The van der Waals surface area contributed by atoms with Crippen LogP contribution in [-0.2, 0) is 11.2 Å². The fourth-order valence-corrected chi connectivity index (χ4v) is 4.87. The van der Waals surface area contributed by atoms with Gasteiger partial charge in [-0.1, -0.05) is 24.3 Å². The van der Waals surface area contributed by atoms with Crippen LogP contribution in [0.1, 0.15) is 5.56 Å². The molecule has 2 aliphatic heterocycles. The zero-order valence-electron chi connectivity index (χ0n) is 18.0. The maximum Gasteiger partial charge on any atom is 0.229 e. The highest BCUT2D eigenvalue weighted by atomic mass is 19.1. The van der Waals surface area contributed by atoms with E-state index >= 15 is 0 Å². The number of methoxy groups -OCH3 is 1. The van der Waals surface area contributed by atoms with E-state index in [1.54, 1.807) is 19.2 Å². The average molecular weight is 432 g/mol. The van der Waals surface area contributed by atoms with Gasteiger partial charge in [0.25, 0.3) is 0 Å². The van der Waals surface area contributed by atoms with Crippen LogP contribution in [0, 0.1) is 11.7 Å². The van der Waals surface area contributed by atoms with Gasteiger partial charge in [0.2, 0.25) is 5.91 Å². The molecule has 3 aromatic rings. The summed E-state index contributed by atoms with van der Waals surface area (Å²) in [5.74, 6) is 0.253. The third-order valence-electron chi connectivity index (χ3n) is 6.49. The van der Waals surface area contributed by atoms with Crippen LogP contribution in [0.4, 0.5) is 21.5 Å². The first kappa shape index (κ1) is 20.4. The molecule has 0 spiro atoms. The lowest BCUT2D eigenvalue weighted by molar-refractivity contribution is -0.120. The first-order valence-electron chi connectivity index (χ1n) is 10.9. The fourth-order valence-electron chi connectivity index (χ4n) is 4.87. The van der Waals surface area contributed by atoms with Crippen LogP contribution in [0.15, 0.2) is 72.8 Å². The average Bonchev–Trinajstić information content (AvgIpc) is 2.84. The molecule has 0 unspecified atom stereocenters. The van der Waals surface area contributed by atoms with Gasteiger partial charge in [0.1, 0.15) is 11.6 Å². The van der Waals surface area contributed by atoms with Crippen LogP contribution >= 0.6 is 0 Å². The fraction of sp³-hybridized carbons (Fsp3) is 0.269. The molecule has 0 saturated carbocycles. The molecule has 0 bridgehead atoms. The van der Waals surface area contributed by atoms with Gasteiger partial charge in [0.05, 0.1) is 19.1 Å². The minimum absolute atomic E-state index is 0.0327. The Balaban J connectivity index is 1.44. The Morgan fingerprint density at radius 3 is 2.66 bits per heavy atom. The zero-order valence-corrected chi connectivity index (χ0v) is 18.0. The monoisotopic (exact) mass is 431 g/mol. The third-order valence-corrected chi connectivity index (χ3v) is 6.49. The van der Waals surface area contributed by atoms with Crippen molar-refractivity contribution in [1.82, 2.24) is 0 Å².